The molecule has 10 heteroatoms. The normalized spacial score (nSPS) is 14.2. The summed E-state index contributed by atoms with van der Waals surface area (Å²) in [7, 11) is 0. The van der Waals surface area contributed by atoms with Crippen LogP contribution in [0.1, 0.15) is 74.1 Å². The number of unbranched alkanes of at least 4 members (excludes halogenated alkanes) is 1. The minimum atomic E-state index is -0.978. The molecule has 33 heavy (non-hydrogen) atoms. The Hall–Kier alpha value is -2.49. The van der Waals surface area contributed by atoms with E-state index >= 15 is 0 Å². The van der Waals surface area contributed by atoms with Gasteiger partial charge in [-0.3, -0.25) is 19.2 Å². The molecule has 0 aliphatic carbocycles. The van der Waals surface area contributed by atoms with Gasteiger partial charge in [-0.1, -0.05) is 27.7 Å². The van der Waals surface area contributed by atoms with Crippen LogP contribution in [-0.4, -0.2) is 60.2 Å². The molecule has 0 unspecified atom stereocenters. The second kappa shape index (κ2) is 14.6. The number of hydrogen-bond acceptors (Lipinski definition) is 7. The molecule has 0 heterocycles. The maximum Gasteiger partial charge on any atom is 0.408 e. The monoisotopic (exact) mass is 470 g/mol. The first kappa shape index (κ1) is 30.5. The van der Waals surface area contributed by atoms with E-state index < -0.39 is 47.4 Å². The maximum absolute atomic E-state index is 13.0. The molecule has 3 amide bonds. The lowest BCUT2D eigenvalue weighted by molar-refractivity contribution is -0.135. The van der Waals surface area contributed by atoms with Gasteiger partial charge in [-0.15, -0.1) is 0 Å². The van der Waals surface area contributed by atoms with Crippen molar-refractivity contribution >= 4 is 30.0 Å². The van der Waals surface area contributed by atoms with E-state index in [1.165, 1.54) is 0 Å². The zero-order chi connectivity index (χ0) is 25.8. The van der Waals surface area contributed by atoms with E-state index in [4.69, 9.17) is 10.5 Å². The predicted molar refractivity (Wildman–Crippen MR) is 125 cm³/mol. The van der Waals surface area contributed by atoms with Crippen LogP contribution in [0, 0.1) is 11.8 Å². The second-order valence-corrected chi connectivity index (χ2v) is 9.92. The molecule has 0 aromatic carbocycles. The van der Waals surface area contributed by atoms with Gasteiger partial charge in [-0.05, 0) is 64.8 Å². The number of hydrogen-bond donors (Lipinski definition) is 4. The first-order chi connectivity index (χ1) is 15.2. The zero-order valence-corrected chi connectivity index (χ0v) is 21.0. The van der Waals surface area contributed by atoms with Crippen LogP contribution in [0.15, 0.2) is 0 Å². The third-order valence-electron chi connectivity index (χ3n) is 4.68. The van der Waals surface area contributed by atoms with E-state index in [0.717, 1.165) is 0 Å². The van der Waals surface area contributed by atoms with Gasteiger partial charge in [0.1, 0.15) is 17.7 Å². The van der Waals surface area contributed by atoms with Crippen molar-refractivity contribution in [2.75, 3.05) is 6.54 Å². The second-order valence-electron chi connectivity index (χ2n) is 9.92. The van der Waals surface area contributed by atoms with Crippen molar-refractivity contribution in [2.24, 2.45) is 17.6 Å². The molecule has 0 bridgehead atoms. The lowest BCUT2D eigenvalue weighted by atomic mass is 9.99. The lowest BCUT2D eigenvalue weighted by Gasteiger charge is -2.28. The number of carbonyl (C=O) groups excluding carboxylic acids is 5. The number of alkyl carbamates (subject to hydrolysis) is 1. The van der Waals surface area contributed by atoms with Crippen LogP contribution in [0.2, 0.25) is 0 Å². The number of amides is 3. The molecule has 10 nitrogen and oxygen atoms in total. The van der Waals surface area contributed by atoms with Gasteiger partial charge in [0.25, 0.3) is 0 Å². The molecule has 0 aromatic heterocycles. The number of aldehydes is 1. The Balaban J connectivity index is 5.44. The maximum atomic E-state index is 13.0. The van der Waals surface area contributed by atoms with E-state index in [1.54, 1.807) is 34.6 Å². The molecule has 190 valence electrons. The highest BCUT2D eigenvalue weighted by atomic mass is 16.6. The molecule has 3 atom stereocenters. The molecule has 0 aliphatic heterocycles. The van der Waals surface area contributed by atoms with Crippen LogP contribution in [0.3, 0.4) is 0 Å². The molecule has 0 saturated carbocycles. The van der Waals surface area contributed by atoms with Crippen molar-refractivity contribution in [1.29, 1.82) is 0 Å². The van der Waals surface area contributed by atoms with Crippen molar-refractivity contribution < 1.29 is 28.7 Å². The van der Waals surface area contributed by atoms with Crippen molar-refractivity contribution in [3.8, 4) is 0 Å². The van der Waals surface area contributed by atoms with Gasteiger partial charge in [0.05, 0.1) is 6.04 Å². The summed E-state index contributed by atoms with van der Waals surface area (Å²) < 4.78 is 5.23. The summed E-state index contributed by atoms with van der Waals surface area (Å²) >= 11 is 0. The molecule has 0 aromatic rings. The average molecular weight is 471 g/mol. The van der Waals surface area contributed by atoms with Gasteiger partial charge in [0.15, 0.2) is 6.29 Å². The molecular weight excluding hydrogens is 428 g/mol. The zero-order valence-electron chi connectivity index (χ0n) is 21.0. The largest absolute Gasteiger partial charge is 0.444 e. The average Bonchev–Trinajstić information content (AvgIpc) is 2.68. The van der Waals surface area contributed by atoms with Crippen LogP contribution >= 0.6 is 0 Å². The summed E-state index contributed by atoms with van der Waals surface area (Å²) in [5, 5.41) is 7.83. The summed E-state index contributed by atoms with van der Waals surface area (Å²) in [6, 6.07) is -2.86. The summed E-state index contributed by atoms with van der Waals surface area (Å²) in [5.74, 6) is -2.07. The van der Waals surface area contributed by atoms with E-state index in [1.807, 2.05) is 13.8 Å². The number of Topliss-reactive ketones (excluding diaryl/α,β-unsaturated/α-hetero) is 1. The summed E-state index contributed by atoms with van der Waals surface area (Å²) in [6.07, 6.45) is 1.24. The fourth-order valence-electron chi connectivity index (χ4n) is 3.07. The topological polar surface area (TPSA) is 157 Å². The van der Waals surface area contributed by atoms with Crippen LogP contribution < -0.4 is 21.7 Å². The van der Waals surface area contributed by atoms with Crippen LogP contribution in [0.4, 0.5) is 4.79 Å². The summed E-state index contributed by atoms with van der Waals surface area (Å²) in [6.45, 7) is 12.9. The van der Waals surface area contributed by atoms with Gasteiger partial charge < -0.3 is 26.4 Å². The number of rotatable bonds is 14. The number of ketones is 1. The Kier molecular flexibility index (Phi) is 13.5. The SMILES string of the molecule is CC(C)C[C@H](NC(=O)[C@@H](NC(=O)OC(C)(C)C)C(C)C)C(=O)N[C@@H](CCCCN)C(=O)C=O. The highest BCUT2D eigenvalue weighted by Gasteiger charge is 2.32. The molecule has 0 radical (unpaired) electrons. The Labute approximate surface area is 197 Å². The smallest absolute Gasteiger partial charge is 0.408 e. The highest BCUT2D eigenvalue weighted by Crippen LogP contribution is 2.11. The van der Waals surface area contributed by atoms with E-state index in [0.29, 0.717) is 25.8 Å². The third kappa shape index (κ3) is 13.0. The number of carbonyl (C=O) groups is 5. The minimum Gasteiger partial charge on any atom is -0.444 e. The van der Waals surface area contributed by atoms with Gasteiger partial charge in [-0.25, -0.2) is 4.79 Å². The molecule has 5 N–H and O–H groups in total. The first-order valence-electron chi connectivity index (χ1n) is 11.5. The molecule has 0 fully saturated rings. The molecule has 0 spiro atoms. The highest BCUT2D eigenvalue weighted by molar-refractivity contribution is 6.28. The molecule has 0 rings (SSSR count). The van der Waals surface area contributed by atoms with Crippen molar-refractivity contribution in [3.63, 3.8) is 0 Å². The Bertz CT molecular complexity index is 672. The Morgan fingerprint density at radius 1 is 0.909 bits per heavy atom. The molecular formula is C23H42N4O6. The third-order valence-corrected chi connectivity index (χ3v) is 4.68. The summed E-state index contributed by atoms with van der Waals surface area (Å²) in [5.41, 5.74) is 4.75. The first-order valence-corrected chi connectivity index (χ1v) is 11.5. The van der Waals surface area contributed by atoms with E-state index in [2.05, 4.69) is 16.0 Å². The summed E-state index contributed by atoms with van der Waals surface area (Å²) in [4.78, 5) is 61.1. The van der Waals surface area contributed by atoms with E-state index in [-0.39, 0.29) is 24.5 Å². The standard InChI is InChI=1S/C23H42N4O6/c1-14(2)12-17(20(30)25-16(18(29)13-28)10-8-9-11-24)26-21(31)19(15(3)4)27-22(32)33-23(5,6)7/h13-17,19H,8-12,24H2,1-7H3,(H,25,30)(H,26,31)(H,27,32)/t16-,17-,19-/m0/s1. The van der Waals surface area contributed by atoms with Crippen LogP contribution in [-0.2, 0) is 23.9 Å². The Morgan fingerprint density at radius 3 is 1.94 bits per heavy atom. The van der Waals surface area contributed by atoms with Gasteiger partial charge in [0, 0.05) is 0 Å². The van der Waals surface area contributed by atoms with Crippen molar-refractivity contribution in [3.05, 3.63) is 0 Å². The fourth-order valence-corrected chi connectivity index (χ4v) is 3.07. The quantitative estimate of drug-likeness (QED) is 0.170. The molecule has 0 aliphatic rings. The fraction of sp³-hybridized carbons (Fsp3) is 0.783. The van der Waals surface area contributed by atoms with Gasteiger partial charge in [-0.2, -0.15) is 0 Å². The van der Waals surface area contributed by atoms with Gasteiger partial charge in [0.2, 0.25) is 17.6 Å². The van der Waals surface area contributed by atoms with Gasteiger partial charge >= 0.3 is 6.09 Å². The number of ether oxygens (including phenoxy) is 1. The predicted octanol–water partition coefficient (Wildman–Crippen LogP) is 1.45. The number of nitrogens with two attached hydrogens (primary N) is 1. The minimum absolute atomic E-state index is 0.0508. The van der Waals surface area contributed by atoms with Crippen molar-refractivity contribution in [1.82, 2.24) is 16.0 Å². The van der Waals surface area contributed by atoms with Crippen LogP contribution in [0.5, 0.6) is 0 Å². The lowest BCUT2D eigenvalue weighted by Crippen LogP contribution is -2.57. The number of nitrogens with one attached hydrogen (secondary N) is 3. The van der Waals surface area contributed by atoms with Crippen molar-refractivity contribution in [2.45, 2.75) is 97.9 Å². The van der Waals surface area contributed by atoms with Crippen LogP contribution in [0.25, 0.3) is 0 Å². The Morgan fingerprint density at radius 2 is 1.48 bits per heavy atom. The molecule has 0 saturated heterocycles. The van der Waals surface area contributed by atoms with E-state index in [9.17, 15) is 24.0 Å².